The number of thiophene rings is 1. The zero-order chi connectivity index (χ0) is 9.84. The summed E-state index contributed by atoms with van der Waals surface area (Å²) in [7, 11) is 4.06. The fourth-order valence-electron chi connectivity index (χ4n) is 1.15. The Hall–Kier alpha value is 0.0600. The number of rotatable bonds is 4. The van der Waals surface area contributed by atoms with Crippen molar-refractivity contribution >= 4 is 27.3 Å². The summed E-state index contributed by atoms with van der Waals surface area (Å²) in [6.45, 7) is 0.895. The minimum absolute atomic E-state index is 0.190. The first-order valence-corrected chi connectivity index (χ1v) is 5.71. The zero-order valence-electron chi connectivity index (χ0n) is 7.75. The molecule has 1 aromatic rings. The molecule has 13 heavy (non-hydrogen) atoms. The largest absolute Gasteiger partial charge is 0.307 e. The quantitative estimate of drug-likeness (QED) is 0.640. The van der Waals surface area contributed by atoms with Crippen LogP contribution in [0.1, 0.15) is 11.6 Å². The highest BCUT2D eigenvalue weighted by atomic mass is 79.9. The average molecular weight is 264 g/mol. The van der Waals surface area contributed by atoms with Gasteiger partial charge in [-0.05, 0) is 41.0 Å². The van der Waals surface area contributed by atoms with Gasteiger partial charge in [0.1, 0.15) is 0 Å². The number of halogens is 1. The van der Waals surface area contributed by atoms with Crippen LogP contribution in [0.4, 0.5) is 0 Å². The molecule has 0 saturated heterocycles. The second-order valence-electron chi connectivity index (χ2n) is 3.16. The van der Waals surface area contributed by atoms with Crippen LogP contribution in [0.2, 0.25) is 0 Å². The molecule has 1 rings (SSSR count). The maximum absolute atomic E-state index is 5.49. The van der Waals surface area contributed by atoms with Gasteiger partial charge in [0.25, 0.3) is 0 Å². The van der Waals surface area contributed by atoms with E-state index >= 15 is 0 Å². The number of nitrogens with two attached hydrogens (primary N) is 1. The van der Waals surface area contributed by atoms with Crippen molar-refractivity contribution in [3.8, 4) is 0 Å². The van der Waals surface area contributed by atoms with E-state index in [0.29, 0.717) is 0 Å². The highest BCUT2D eigenvalue weighted by Gasteiger charge is 2.14. The Morgan fingerprint density at radius 2 is 2.31 bits per heavy atom. The molecule has 0 spiro atoms. The SMILES string of the molecule is CN(C)CC(NN)c1cscc1Br. The lowest BCUT2D eigenvalue weighted by Gasteiger charge is -2.19. The molecule has 0 aliphatic rings. The lowest BCUT2D eigenvalue weighted by Crippen LogP contribution is -2.35. The summed E-state index contributed by atoms with van der Waals surface area (Å²) in [5, 5.41) is 4.17. The summed E-state index contributed by atoms with van der Waals surface area (Å²) in [4.78, 5) is 2.11. The van der Waals surface area contributed by atoms with Crippen molar-refractivity contribution in [2.45, 2.75) is 6.04 Å². The van der Waals surface area contributed by atoms with Gasteiger partial charge in [0.15, 0.2) is 0 Å². The minimum atomic E-state index is 0.190. The van der Waals surface area contributed by atoms with Crippen LogP contribution in [0.3, 0.4) is 0 Å². The van der Waals surface area contributed by atoms with Crippen LogP contribution < -0.4 is 11.3 Å². The molecule has 1 unspecified atom stereocenters. The Bertz CT molecular complexity index is 262. The Kier molecular flexibility index (Phi) is 4.34. The van der Waals surface area contributed by atoms with Crippen LogP contribution in [-0.2, 0) is 0 Å². The molecule has 3 nitrogen and oxygen atoms in total. The van der Waals surface area contributed by atoms with Crippen molar-refractivity contribution in [1.29, 1.82) is 0 Å². The normalized spacial score (nSPS) is 13.6. The topological polar surface area (TPSA) is 41.3 Å². The second-order valence-corrected chi connectivity index (χ2v) is 4.75. The van der Waals surface area contributed by atoms with Gasteiger partial charge in [-0.1, -0.05) is 0 Å². The summed E-state index contributed by atoms with van der Waals surface area (Å²) in [6, 6.07) is 0.190. The van der Waals surface area contributed by atoms with Crippen molar-refractivity contribution in [3.63, 3.8) is 0 Å². The molecule has 0 amide bonds. The van der Waals surface area contributed by atoms with E-state index in [4.69, 9.17) is 5.84 Å². The van der Waals surface area contributed by atoms with Gasteiger partial charge in [0, 0.05) is 16.4 Å². The third kappa shape index (κ3) is 3.03. The van der Waals surface area contributed by atoms with Gasteiger partial charge in [0.05, 0.1) is 6.04 Å². The maximum atomic E-state index is 5.49. The molecule has 0 saturated carbocycles. The Morgan fingerprint density at radius 1 is 1.62 bits per heavy atom. The molecular weight excluding hydrogens is 250 g/mol. The molecule has 0 aliphatic heterocycles. The van der Waals surface area contributed by atoms with Crippen LogP contribution in [0, 0.1) is 0 Å². The van der Waals surface area contributed by atoms with E-state index in [1.807, 2.05) is 14.1 Å². The molecule has 0 bridgehead atoms. The number of hydrogen-bond acceptors (Lipinski definition) is 4. The predicted octanol–water partition coefficient (Wildman–Crippen LogP) is 1.58. The zero-order valence-corrected chi connectivity index (χ0v) is 10.2. The number of nitrogens with one attached hydrogen (secondary N) is 1. The summed E-state index contributed by atoms with van der Waals surface area (Å²) in [6.07, 6.45) is 0. The molecule has 5 heteroatoms. The van der Waals surface area contributed by atoms with Gasteiger partial charge in [0.2, 0.25) is 0 Å². The predicted molar refractivity (Wildman–Crippen MR) is 60.6 cm³/mol. The number of hydrogen-bond donors (Lipinski definition) is 2. The summed E-state index contributed by atoms with van der Waals surface area (Å²) >= 11 is 5.17. The van der Waals surface area contributed by atoms with Crippen LogP contribution in [0.25, 0.3) is 0 Å². The van der Waals surface area contributed by atoms with E-state index in [1.54, 1.807) is 11.3 Å². The minimum Gasteiger partial charge on any atom is -0.307 e. The van der Waals surface area contributed by atoms with E-state index < -0.39 is 0 Å². The molecule has 0 aromatic carbocycles. The van der Waals surface area contributed by atoms with Crippen LogP contribution in [0.15, 0.2) is 15.2 Å². The molecule has 1 aromatic heterocycles. The van der Waals surface area contributed by atoms with E-state index in [1.165, 1.54) is 5.56 Å². The summed E-state index contributed by atoms with van der Waals surface area (Å²) in [5.74, 6) is 5.49. The van der Waals surface area contributed by atoms with Crippen molar-refractivity contribution in [2.24, 2.45) is 5.84 Å². The fraction of sp³-hybridized carbons (Fsp3) is 0.500. The first-order chi connectivity index (χ1) is 6.15. The van der Waals surface area contributed by atoms with Gasteiger partial charge in [-0.25, -0.2) is 0 Å². The van der Waals surface area contributed by atoms with E-state index in [2.05, 4.69) is 37.0 Å². The Morgan fingerprint density at radius 3 is 2.69 bits per heavy atom. The lowest BCUT2D eigenvalue weighted by molar-refractivity contribution is 0.344. The Balaban J connectivity index is 2.72. The van der Waals surface area contributed by atoms with Crippen LogP contribution in [-0.4, -0.2) is 25.5 Å². The number of hydrazine groups is 1. The van der Waals surface area contributed by atoms with Gasteiger partial charge >= 0.3 is 0 Å². The van der Waals surface area contributed by atoms with Gasteiger partial charge < -0.3 is 4.90 Å². The molecular formula is C8H14BrN3S. The number of likely N-dealkylation sites (N-methyl/N-ethyl adjacent to an activating group) is 1. The molecule has 0 radical (unpaired) electrons. The second kappa shape index (κ2) is 5.07. The van der Waals surface area contributed by atoms with Crippen molar-refractivity contribution in [2.75, 3.05) is 20.6 Å². The molecule has 0 fully saturated rings. The molecule has 3 N–H and O–H groups in total. The highest BCUT2D eigenvalue weighted by molar-refractivity contribution is 9.10. The lowest BCUT2D eigenvalue weighted by atomic mass is 10.1. The maximum Gasteiger partial charge on any atom is 0.0606 e. The van der Waals surface area contributed by atoms with Crippen LogP contribution in [0.5, 0.6) is 0 Å². The monoisotopic (exact) mass is 263 g/mol. The standard InChI is InChI=1S/C8H14BrN3S/c1-12(2)3-8(11-10)6-4-13-5-7(6)9/h4-5,8,11H,3,10H2,1-2H3. The third-order valence-electron chi connectivity index (χ3n) is 1.77. The summed E-state index contributed by atoms with van der Waals surface area (Å²) < 4.78 is 1.13. The first kappa shape index (κ1) is 11.1. The van der Waals surface area contributed by atoms with Crippen molar-refractivity contribution < 1.29 is 0 Å². The van der Waals surface area contributed by atoms with E-state index in [0.717, 1.165) is 11.0 Å². The smallest absolute Gasteiger partial charge is 0.0606 e. The molecule has 1 heterocycles. The van der Waals surface area contributed by atoms with E-state index in [9.17, 15) is 0 Å². The fourth-order valence-corrected chi connectivity index (χ4v) is 2.77. The third-order valence-corrected chi connectivity index (χ3v) is 3.52. The van der Waals surface area contributed by atoms with Crippen LogP contribution >= 0.6 is 27.3 Å². The van der Waals surface area contributed by atoms with Gasteiger partial charge in [-0.2, -0.15) is 11.3 Å². The molecule has 74 valence electrons. The number of nitrogens with zero attached hydrogens (tertiary/aromatic N) is 1. The van der Waals surface area contributed by atoms with Crippen molar-refractivity contribution in [1.82, 2.24) is 10.3 Å². The average Bonchev–Trinajstić information content (AvgIpc) is 2.47. The van der Waals surface area contributed by atoms with Crippen molar-refractivity contribution in [3.05, 3.63) is 20.8 Å². The molecule has 0 aliphatic carbocycles. The summed E-state index contributed by atoms with van der Waals surface area (Å²) in [5.41, 5.74) is 4.03. The van der Waals surface area contributed by atoms with Gasteiger partial charge in [-0.15, -0.1) is 0 Å². The first-order valence-electron chi connectivity index (χ1n) is 3.97. The van der Waals surface area contributed by atoms with E-state index in [-0.39, 0.29) is 6.04 Å². The Labute approximate surface area is 91.0 Å². The molecule has 1 atom stereocenters. The highest BCUT2D eigenvalue weighted by Crippen LogP contribution is 2.27. The van der Waals surface area contributed by atoms with Gasteiger partial charge in [-0.3, -0.25) is 11.3 Å².